The van der Waals surface area contributed by atoms with Crippen LogP contribution in [0.5, 0.6) is 0 Å². The Morgan fingerprint density at radius 1 is 1.03 bits per heavy atom. The quantitative estimate of drug-likeness (QED) is 0.770. The molecule has 4 rings (SSSR count). The Kier molecular flexibility index (Phi) is 6.11. The fourth-order valence-corrected chi connectivity index (χ4v) is 5.50. The molecule has 0 aliphatic carbocycles. The summed E-state index contributed by atoms with van der Waals surface area (Å²) in [4.78, 5) is 26.5. The molecule has 2 fully saturated rings. The van der Waals surface area contributed by atoms with Crippen LogP contribution in [0.25, 0.3) is 0 Å². The number of nitrogens with one attached hydrogen (secondary N) is 1. The average Bonchev–Trinajstić information content (AvgIpc) is 3.20. The highest BCUT2D eigenvalue weighted by Gasteiger charge is 2.28. The number of amides is 2. The third kappa shape index (κ3) is 4.65. The molecule has 0 radical (unpaired) electrons. The Balaban J connectivity index is 1.45. The van der Waals surface area contributed by atoms with E-state index in [-0.39, 0.29) is 16.7 Å². The minimum absolute atomic E-state index is 0.0865. The topological polar surface area (TPSA) is 86.8 Å². The largest absolute Gasteiger partial charge is 0.322 e. The highest BCUT2D eigenvalue weighted by Crippen LogP contribution is 2.26. The van der Waals surface area contributed by atoms with Gasteiger partial charge in [-0.1, -0.05) is 13.0 Å². The third-order valence-electron chi connectivity index (χ3n) is 5.99. The van der Waals surface area contributed by atoms with Gasteiger partial charge in [0.25, 0.3) is 5.91 Å². The fourth-order valence-electron chi connectivity index (χ4n) is 4.03. The normalized spacial score (nSPS) is 18.4. The molecule has 2 aromatic rings. The summed E-state index contributed by atoms with van der Waals surface area (Å²) in [5.41, 5.74) is 1.72. The molecule has 0 atom stereocenters. The lowest BCUT2D eigenvalue weighted by Crippen LogP contribution is -2.37. The molecule has 0 spiro atoms. The van der Waals surface area contributed by atoms with Crippen LogP contribution in [0.3, 0.4) is 0 Å². The number of benzene rings is 2. The van der Waals surface area contributed by atoms with Gasteiger partial charge in [0.15, 0.2) is 0 Å². The monoisotopic (exact) mass is 441 g/mol. The van der Waals surface area contributed by atoms with Crippen molar-refractivity contribution in [2.24, 2.45) is 5.92 Å². The van der Waals surface area contributed by atoms with Gasteiger partial charge in [-0.15, -0.1) is 0 Å². The second kappa shape index (κ2) is 8.80. The highest BCUT2D eigenvalue weighted by atomic mass is 32.2. The van der Waals surface area contributed by atoms with Crippen LogP contribution >= 0.6 is 0 Å². The third-order valence-corrected chi connectivity index (χ3v) is 7.90. The molecule has 0 unspecified atom stereocenters. The number of carbonyl (C=O) groups is 2. The first kappa shape index (κ1) is 21.5. The first-order valence-electron chi connectivity index (χ1n) is 10.7. The second-order valence-electron chi connectivity index (χ2n) is 8.26. The molecular formula is C23H27N3O4S. The van der Waals surface area contributed by atoms with Gasteiger partial charge in [-0.25, -0.2) is 8.42 Å². The van der Waals surface area contributed by atoms with E-state index in [4.69, 9.17) is 0 Å². The van der Waals surface area contributed by atoms with Gasteiger partial charge in [0.05, 0.1) is 4.90 Å². The molecule has 7 nitrogen and oxygen atoms in total. The first-order valence-corrected chi connectivity index (χ1v) is 12.1. The minimum atomic E-state index is -3.54. The summed E-state index contributed by atoms with van der Waals surface area (Å²) >= 11 is 0. The van der Waals surface area contributed by atoms with Gasteiger partial charge < -0.3 is 10.2 Å². The van der Waals surface area contributed by atoms with Crippen molar-refractivity contribution in [1.29, 1.82) is 0 Å². The number of anilines is 2. The van der Waals surface area contributed by atoms with Crippen LogP contribution < -0.4 is 10.2 Å². The average molecular weight is 442 g/mol. The van der Waals surface area contributed by atoms with Gasteiger partial charge in [-0.05, 0) is 67.6 Å². The molecule has 2 amide bonds. The number of hydrogen-bond acceptors (Lipinski definition) is 4. The molecule has 1 N–H and O–H groups in total. The van der Waals surface area contributed by atoms with Gasteiger partial charge in [0, 0.05) is 43.0 Å². The number of piperidine rings is 1. The van der Waals surface area contributed by atoms with E-state index in [2.05, 4.69) is 12.2 Å². The van der Waals surface area contributed by atoms with Crippen molar-refractivity contribution in [3.63, 3.8) is 0 Å². The van der Waals surface area contributed by atoms with Crippen molar-refractivity contribution in [3.05, 3.63) is 54.1 Å². The molecule has 0 bridgehead atoms. The zero-order chi connectivity index (χ0) is 22.0. The zero-order valence-electron chi connectivity index (χ0n) is 17.6. The molecule has 164 valence electrons. The molecule has 2 aliphatic heterocycles. The molecule has 0 aromatic heterocycles. The summed E-state index contributed by atoms with van der Waals surface area (Å²) in [5.74, 6) is 0.295. The molecule has 2 aromatic carbocycles. The number of hydrogen-bond donors (Lipinski definition) is 1. The number of sulfonamides is 1. The van der Waals surface area contributed by atoms with Crippen molar-refractivity contribution in [2.75, 3.05) is 29.9 Å². The van der Waals surface area contributed by atoms with Crippen LogP contribution in [-0.2, 0) is 14.8 Å². The van der Waals surface area contributed by atoms with Crippen molar-refractivity contribution in [1.82, 2.24) is 4.31 Å². The smallest absolute Gasteiger partial charge is 0.255 e. The molecule has 2 aliphatic rings. The number of nitrogens with zero attached hydrogens (tertiary/aromatic N) is 2. The van der Waals surface area contributed by atoms with Crippen LogP contribution in [0.4, 0.5) is 11.4 Å². The van der Waals surface area contributed by atoms with E-state index in [1.165, 1.54) is 28.6 Å². The van der Waals surface area contributed by atoms with Crippen molar-refractivity contribution in [3.8, 4) is 0 Å². The lowest BCUT2D eigenvalue weighted by molar-refractivity contribution is -0.117. The Morgan fingerprint density at radius 3 is 2.39 bits per heavy atom. The summed E-state index contributed by atoms with van der Waals surface area (Å²) in [6, 6.07) is 13.2. The van der Waals surface area contributed by atoms with Crippen LogP contribution in [0.15, 0.2) is 53.4 Å². The van der Waals surface area contributed by atoms with Crippen LogP contribution in [-0.4, -0.2) is 44.2 Å². The number of rotatable bonds is 5. The van der Waals surface area contributed by atoms with Crippen LogP contribution in [0, 0.1) is 5.92 Å². The maximum absolute atomic E-state index is 12.8. The second-order valence-corrected chi connectivity index (χ2v) is 10.2. The van der Waals surface area contributed by atoms with E-state index >= 15 is 0 Å². The summed E-state index contributed by atoms with van der Waals surface area (Å²) in [7, 11) is -3.54. The van der Waals surface area contributed by atoms with Gasteiger partial charge >= 0.3 is 0 Å². The molecular weight excluding hydrogens is 414 g/mol. The van der Waals surface area contributed by atoms with E-state index in [9.17, 15) is 18.0 Å². The van der Waals surface area contributed by atoms with E-state index in [0.29, 0.717) is 43.2 Å². The van der Waals surface area contributed by atoms with Crippen LogP contribution in [0.1, 0.15) is 43.0 Å². The maximum Gasteiger partial charge on any atom is 0.255 e. The van der Waals surface area contributed by atoms with Gasteiger partial charge in [-0.2, -0.15) is 4.31 Å². The molecule has 8 heteroatoms. The van der Waals surface area contributed by atoms with E-state index < -0.39 is 10.0 Å². The van der Waals surface area contributed by atoms with Crippen molar-refractivity contribution < 1.29 is 18.0 Å². The van der Waals surface area contributed by atoms with Gasteiger partial charge in [0.2, 0.25) is 15.9 Å². The molecule has 2 heterocycles. The van der Waals surface area contributed by atoms with Crippen LogP contribution in [0.2, 0.25) is 0 Å². The highest BCUT2D eigenvalue weighted by molar-refractivity contribution is 7.89. The Morgan fingerprint density at radius 2 is 1.74 bits per heavy atom. The minimum Gasteiger partial charge on any atom is -0.322 e. The van der Waals surface area contributed by atoms with Gasteiger partial charge in [-0.3, -0.25) is 9.59 Å². The lowest BCUT2D eigenvalue weighted by atomic mass is 10.0. The Bertz CT molecular complexity index is 1070. The van der Waals surface area contributed by atoms with E-state index in [1.807, 2.05) is 6.07 Å². The molecule has 31 heavy (non-hydrogen) atoms. The zero-order valence-corrected chi connectivity index (χ0v) is 18.4. The number of carbonyl (C=O) groups excluding carboxylic acids is 2. The Labute approximate surface area is 183 Å². The summed E-state index contributed by atoms with van der Waals surface area (Å²) < 4.78 is 27.2. The summed E-state index contributed by atoms with van der Waals surface area (Å²) in [6.07, 6.45) is 3.10. The SMILES string of the molecule is CC1CCN(S(=O)(=O)c2ccc(C(=O)Nc3cccc(N4CCCC4=O)c3)cc2)CC1. The molecule has 2 saturated heterocycles. The lowest BCUT2D eigenvalue weighted by Gasteiger charge is -2.29. The van der Waals surface area contributed by atoms with Gasteiger partial charge in [0.1, 0.15) is 0 Å². The Hall–Kier alpha value is -2.71. The maximum atomic E-state index is 12.8. The van der Waals surface area contributed by atoms with E-state index in [1.54, 1.807) is 23.1 Å². The summed E-state index contributed by atoms with van der Waals surface area (Å²) in [6.45, 7) is 3.88. The predicted molar refractivity (Wildman–Crippen MR) is 120 cm³/mol. The van der Waals surface area contributed by atoms with Crippen molar-refractivity contribution in [2.45, 2.75) is 37.5 Å². The van der Waals surface area contributed by atoms with Crippen molar-refractivity contribution >= 4 is 33.2 Å². The standard InChI is InChI=1S/C23H27N3O4S/c1-17-11-14-25(15-12-17)31(29,30)21-9-7-18(8-10-21)23(28)24-19-4-2-5-20(16-19)26-13-3-6-22(26)27/h2,4-5,7-10,16-17H,3,6,11-15H2,1H3,(H,24,28). The molecule has 0 saturated carbocycles. The van der Waals surface area contributed by atoms with E-state index in [0.717, 1.165) is 24.9 Å². The summed E-state index contributed by atoms with van der Waals surface area (Å²) in [5, 5.41) is 2.83. The fraction of sp³-hybridized carbons (Fsp3) is 0.391. The first-order chi connectivity index (χ1) is 14.8. The predicted octanol–water partition coefficient (Wildman–Crippen LogP) is 3.49.